The summed E-state index contributed by atoms with van der Waals surface area (Å²) in [4.78, 5) is 27.8. The van der Waals surface area contributed by atoms with E-state index < -0.39 is 34.8 Å². The van der Waals surface area contributed by atoms with Gasteiger partial charge in [-0.25, -0.2) is 13.2 Å². The topological polar surface area (TPSA) is 50.5 Å². The normalized spacial score (nSPS) is 15.5. The summed E-state index contributed by atoms with van der Waals surface area (Å²) in [6.45, 7) is -0.00748. The number of hydrogen-bond donors (Lipinski definition) is 0. The van der Waals surface area contributed by atoms with Gasteiger partial charge in [-0.15, -0.1) is 0 Å². The van der Waals surface area contributed by atoms with Gasteiger partial charge in [-0.05, 0) is 42.0 Å². The fraction of sp³-hybridized carbons (Fsp3) is 0.0833. The maximum absolute atomic E-state index is 14.8. The van der Waals surface area contributed by atoms with E-state index in [9.17, 15) is 22.8 Å². The molecule has 3 aromatic carbocycles. The first kappa shape index (κ1) is 19.1. The van der Waals surface area contributed by atoms with E-state index in [2.05, 4.69) is 0 Å². The fourth-order valence-electron chi connectivity index (χ4n) is 3.96. The lowest BCUT2D eigenvalue weighted by Crippen LogP contribution is -2.29. The summed E-state index contributed by atoms with van der Waals surface area (Å²) in [5.41, 5.74) is 0.121. The zero-order valence-electron chi connectivity index (χ0n) is 15.9. The van der Waals surface area contributed by atoms with Crippen LogP contribution in [0.25, 0.3) is 11.0 Å². The molecule has 154 valence electrons. The van der Waals surface area contributed by atoms with Crippen LogP contribution in [-0.4, -0.2) is 10.8 Å². The molecule has 1 aromatic heterocycles. The van der Waals surface area contributed by atoms with Gasteiger partial charge in [0.1, 0.15) is 23.0 Å². The van der Waals surface area contributed by atoms with E-state index in [1.54, 1.807) is 6.07 Å². The van der Waals surface area contributed by atoms with Gasteiger partial charge in [-0.3, -0.25) is 9.59 Å². The maximum Gasteiger partial charge on any atom is 0.291 e. The molecular weight excluding hydrogens is 407 g/mol. The standard InChI is InChI=1S/C24H14F3NO3/c25-14-7-5-13(6-8-14)12-28-21(16-3-1-2-4-18(16)27)20-22(29)17-11-15(26)9-10-19(17)31-23(20)24(28)30/h1-11,21H,12H2. The number of carbonyl (C=O) groups is 1. The molecule has 0 N–H and O–H groups in total. The second-order valence-electron chi connectivity index (χ2n) is 7.30. The quantitative estimate of drug-likeness (QED) is 0.470. The van der Waals surface area contributed by atoms with Crippen molar-refractivity contribution in [2.24, 2.45) is 0 Å². The summed E-state index contributed by atoms with van der Waals surface area (Å²) in [6.07, 6.45) is 0. The summed E-state index contributed by atoms with van der Waals surface area (Å²) in [5.74, 6) is -2.48. The minimum absolute atomic E-state index is 0.00748. The van der Waals surface area contributed by atoms with Crippen LogP contribution in [0.15, 0.2) is 75.9 Å². The highest BCUT2D eigenvalue weighted by Crippen LogP contribution is 2.40. The minimum atomic E-state index is -1.07. The van der Waals surface area contributed by atoms with Crippen LogP contribution in [0, 0.1) is 17.5 Å². The first-order valence-corrected chi connectivity index (χ1v) is 9.50. The number of nitrogens with zero attached hydrogens (tertiary/aromatic N) is 1. The lowest BCUT2D eigenvalue weighted by atomic mass is 9.97. The largest absolute Gasteiger partial charge is 0.450 e. The van der Waals surface area contributed by atoms with Crippen molar-refractivity contribution in [2.75, 3.05) is 0 Å². The SMILES string of the molecule is O=C1c2oc3ccc(F)cc3c(=O)c2C(c2ccccc2F)N1Cc1ccc(F)cc1. The van der Waals surface area contributed by atoms with Crippen molar-refractivity contribution < 1.29 is 22.4 Å². The molecule has 1 atom stereocenters. The third kappa shape index (κ3) is 3.09. The Bertz CT molecular complexity index is 1400. The number of hydrogen-bond acceptors (Lipinski definition) is 3. The number of fused-ring (bicyclic) bond motifs is 2. The van der Waals surface area contributed by atoms with Crippen molar-refractivity contribution in [3.8, 4) is 0 Å². The highest BCUT2D eigenvalue weighted by Gasteiger charge is 2.43. The van der Waals surface area contributed by atoms with E-state index in [4.69, 9.17) is 4.42 Å². The van der Waals surface area contributed by atoms with Crippen LogP contribution < -0.4 is 5.43 Å². The average molecular weight is 421 g/mol. The highest BCUT2D eigenvalue weighted by molar-refractivity contribution is 5.99. The molecule has 4 nitrogen and oxygen atoms in total. The predicted octanol–water partition coefficient (Wildman–Crippen LogP) is 4.96. The van der Waals surface area contributed by atoms with Crippen LogP contribution in [0.2, 0.25) is 0 Å². The van der Waals surface area contributed by atoms with Crippen molar-refractivity contribution in [3.05, 3.63) is 117 Å². The Morgan fingerprint density at radius 1 is 0.871 bits per heavy atom. The average Bonchev–Trinajstić information content (AvgIpc) is 3.03. The zero-order chi connectivity index (χ0) is 21.7. The second-order valence-corrected chi connectivity index (χ2v) is 7.30. The number of amides is 1. The fourth-order valence-corrected chi connectivity index (χ4v) is 3.96. The third-order valence-corrected chi connectivity index (χ3v) is 5.39. The van der Waals surface area contributed by atoms with E-state index in [-0.39, 0.29) is 34.4 Å². The van der Waals surface area contributed by atoms with Crippen LogP contribution in [0.3, 0.4) is 0 Å². The molecule has 7 heteroatoms. The van der Waals surface area contributed by atoms with Crippen LogP contribution >= 0.6 is 0 Å². The van der Waals surface area contributed by atoms with Crippen LogP contribution in [-0.2, 0) is 6.54 Å². The molecule has 4 aromatic rings. The summed E-state index contributed by atoms with van der Waals surface area (Å²) in [7, 11) is 0. The molecule has 0 radical (unpaired) electrons. The van der Waals surface area contributed by atoms with Crippen molar-refractivity contribution in [2.45, 2.75) is 12.6 Å². The summed E-state index contributed by atoms with van der Waals surface area (Å²) in [5, 5.41) is -0.0310. The summed E-state index contributed by atoms with van der Waals surface area (Å²) >= 11 is 0. The third-order valence-electron chi connectivity index (χ3n) is 5.39. The number of carbonyl (C=O) groups excluding carboxylic acids is 1. The maximum atomic E-state index is 14.8. The lowest BCUT2D eigenvalue weighted by molar-refractivity contribution is 0.0712. The molecule has 0 bridgehead atoms. The Kier molecular flexibility index (Phi) is 4.39. The van der Waals surface area contributed by atoms with Crippen molar-refractivity contribution >= 4 is 16.9 Å². The molecule has 1 aliphatic rings. The molecule has 0 saturated carbocycles. The lowest BCUT2D eigenvalue weighted by Gasteiger charge is -2.25. The predicted molar refractivity (Wildman–Crippen MR) is 107 cm³/mol. The Labute approximate surface area is 174 Å². The molecule has 1 aliphatic heterocycles. The summed E-state index contributed by atoms with van der Waals surface area (Å²) in [6, 6.07) is 13.7. The number of rotatable bonds is 3. The molecule has 5 rings (SSSR count). The smallest absolute Gasteiger partial charge is 0.291 e. The molecule has 0 saturated heterocycles. The molecule has 0 spiro atoms. The van der Waals surface area contributed by atoms with Gasteiger partial charge in [0.2, 0.25) is 5.76 Å². The van der Waals surface area contributed by atoms with E-state index >= 15 is 0 Å². The highest BCUT2D eigenvalue weighted by atomic mass is 19.1. The van der Waals surface area contributed by atoms with Gasteiger partial charge in [0.25, 0.3) is 5.91 Å². The van der Waals surface area contributed by atoms with Crippen LogP contribution in [0.1, 0.15) is 33.3 Å². The molecule has 0 aliphatic carbocycles. The second kappa shape index (κ2) is 7.12. The molecular formula is C24H14F3NO3. The van der Waals surface area contributed by atoms with Crippen LogP contribution in [0.5, 0.6) is 0 Å². The van der Waals surface area contributed by atoms with Crippen molar-refractivity contribution in [1.29, 1.82) is 0 Å². The van der Waals surface area contributed by atoms with Gasteiger partial charge in [-0.1, -0.05) is 30.3 Å². The van der Waals surface area contributed by atoms with E-state index in [1.807, 2.05) is 0 Å². The van der Waals surface area contributed by atoms with Gasteiger partial charge in [0, 0.05) is 12.1 Å². The minimum Gasteiger partial charge on any atom is -0.450 e. The Morgan fingerprint density at radius 3 is 2.32 bits per heavy atom. The van der Waals surface area contributed by atoms with Gasteiger partial charge >= 0.3 is 0 Å². The molecule has 2 heterocycles. The Morgan fingerprint density at radius 2 is 1.58 bits per heavy atom. The number of benzene rings is 3. The first-order chi connectivity index (χ1) is 14.9. The van der Waals surface area contributed by atoms with E-state index in [0.29, 0.717) is 5.56 Å². The first-order valence-electron chi connectivity index (χ1n) is 9.50. The number of halogens is 3. The van der Waals surface area contributed by atoms with Gasteiger partial charge in [-0.2, -0.15) is 0 Å². The van der Waals surface area contributed by atoms with E-state index in [1.165, 1.54) is 53.4 Å². The van der Waals surface area contributed by atoms with Gasteiger partial charge in [0.05, 0.1) is 17.0 Å². The summed E-state index contributed by atoms with van der Waals surface area (Å²) < 4.78 is 47.5. The van der Waals surface area contributed by atoms with Crippen molar-refractivity contribution in [1.82, 2.24) is 4.90 Å². The molecule has 1 amide bonds. The van der Waals surface area contributed by atoms with E-state index in [0.717, 1.165) is 12.1 Å². The molecule has 1 unspecified atom stereocenters. The Hall–Kier alpha value is -3.87. The molecule has 31 heavy (non-hydrogen) atoms. The van der Waals surface area contributed by atoms with Gasteiger partial charge in [0.15, 0.2) is 5.43 Å². The molecule has 0 fully saturated rings. The van der Waals surface area contributed by atoms with Gasteiger partial charge < -0.3 is 9.32 Å². The van der Waals surface area contributed by atoms with Crippen LogP contribution in [0.4, 0.5) is 13.2 Å². The zero-order valence-corrected chi connectivity index (χ0v) is 15.9. The van der Waals surface area contributed by atoms with Crippen molar-refractivity contribution in [3.63, 3.8) is 0 Å². The monoisotopic (exact) mass is 421 g/mol. The Balaban J connectivity index is 1.74.